The molecule has 0 aliphatic carbocycles. The van der Waals surface area contributed by atoms with Crippen LogP contribution in [0.3, 0.4) is 0 Å². The summed E-state index contributed by atoms with van der Waals surface area (Å²) in [5.74, 6) is 0. The summed E-state index contributed by atoms with van der Waals surface area (Å²) >= 11 is 0. The first-order chi connectivity index (χ1) is 35.7. The van der Waals surface area contributed by atoms with Crippen molar-refractivity contribution >= 4 is 127 Å². The molecule has 0 saturated heterocycles. The van der Waals surface area contributed by atoms with Gasteiger partial charge in [0.25, 0.3) is 0 Å². The summed E-state index contributed by atoms with van der Waals surface area (Å²) < 4.78 is 8.71. The zero-order valence-electron chi connectivity index (χ0n) is 38.8. The number of pyridine rings is 1. The topological polar surface area (TPSA) is 36.9 Å². The molecule has 0 atom stereocenters. The van der Waals surface area contributed by atoms with Crippen LogP contribution in [0.5, 0.6) is 0 Å². The fourth-order valence-electron chi connectivity index (χ4n) is 12.0. The summed E-state index contributed by atoms with van der Waals surface area (Å²) in [4.78, 5) is 10.0. The van der Waals surface area contributed by atoms with Crippen LogP contribution in [-0.2, 0) is 0 Å². The van der Waals surface area contributed by atoms with Crippen LogP contribution in [0.2, 0.25) is 0 Å². The molecule has 3 aromatic heterocycles. The van der Waals surface area contributed by atoms with Gasteiger partial charge in [0, 0.05) is 32.9 Å². The first-order valence-electron chi connectivity index (χ1n) is 24.6. The van der Waals surface area contributed by atoms with Crippen molar-refractivity contribution < 1.29 is 4.42 Å². The van der Waals surface area contributed by atoms with Gasteiger partial charge >= 0.3 is 0 Å². The van der Waals surface area contributed by atoms with Crippen molar-refractivity contribution in [3.8, 4) is 22.3 Å². The average Bonchev–Trinajstić information content (AvgIpc) is 4.03. The normalized spacial score (nSPS) is 12.7. The zero-order valence-corrected chi connectivity index (χ0v) is 38.8. The number of hydrogen-bond donors (Lipinski definition) is 0. The van der Waals surface area contributed by atoms with Crippen molar-refractivity contribution in [2.45, 2.75) is 0 Å². The quantitative estimate of drug-likeness (QED) is 0.165. The molecular weight excluding hydrogens is 877 g/mol. The van der Waals surface area contributed by atoms with Gasteiger partial charge in [0.05, 0.1) is 39.3 Å². The van der Waals surface area contributed by atoms with E-state index in [1.165, 1.54) is 54.2 Å². The van der Waals surface area contributed by atoms with Gasteiger partial charge in [-0.15, -0.1) is 0 Å². The summed E-state index contributed by atoms with van der Waals surface area (Å²) in [5.41, 5.74) is 17.3. The Balaban J connectivity index is 0.915. The van der Waals surface area contributed by atoms with E-state index in [0.29, 0.717) is 0 Å². The van der Waals surface area contributed by atoms with Crippen LogP contribution in [-0.4, -0.2) is 9.38 Å². The van der Waals surface area contributed by atoms with Crippen LogP contribution in [0.25, 0.3) is 115 Å². The smallest absolute Gasteiger partial charge is 0.146 e. The van der Waals surface area contributed by atoms with Gasteiger partial charge in [-0.05, 0) is 157 Å². The van der Waals surface area contributed by atoms with Crippen LogP contribution in [0, 0.1) is 0 Å². The predicted octanol–water partition coefficient (Wildman–Crippen LogP) is 18.7. The molecule has 15 aromatic rings. The van der Waals surface area contributed by atoms with Crippen molar-refractivity contribution in [2.24, 2.45) is 0 Å². The Bertz CT molecular complexity index is 4780. The number of benzene rings is 12. The molecule has 0 amide bonds. The largest absolute Gasteiger partial charge is 0.456 e. The third-order valence-electron chi connectivity index (χ3n) is 15.2. The summed E-state index contributed by atoms with van der Waals surface area (Å²) in [6.07, 6.45) is 0. The van der Waals surface area contributed by atoms with Crippen molar-refractivity contribution in [3.05, 3.63) is 243 Å². The Morgan fingerprint density at radius 3 is 1.56 bits per heavy atom. The summed E-state index contributed by atoms with van der Waals surface area (Å²) in [6, 6.07) is 88.4. The molecule has 0 N–H and O–H groups in total. The Hall–Kier alpha value is -9.71. The second kappa shape index (κ2) is 14.9. The van der Waals surface area contributed by atoms with E-state index in [9.17, 15) is 0 Å². The SMILES string of the molecule is c1ccc(N2c3ccccc3N(c3cccc(-c4ccc5c(c4)oc4ccccc45)c3)c3cc4c5ccc(-c6ccc7c(c6)c6ccccc6c6nc8ccccc8n76)cc5c5ccccc5c4cc32)cc1. The van der Waals surface area contributed by atoms with Gasteiger partial charge in [0.2, 0.25) is 0 Å². The number of aromatic nitrogens is 2. The monoisotopic (exact) mass is 916 g/mol. The highest BCUT2D eigenvalue weighted by Crippen LogP contribution is 2.56. The molecule has 334 valence electrons. The standard InChI is InChI=1S/C67H40N4O/c1-2-16-45(17-3-1)69-61-26-11-12-27-62(61)70(46-18-14-15-41(35-46)44-30-33-52-51-22-8-13-28-65(51)72-66(52)38-44)64-40-56-50-32-29-42(36-54(50)47-19-4-5-20-48(47)55(56)39-63(64)69)43-31-34-59-57(37-43)49-21-6-7-23-53(49)67-68-58-24-9-10-25-60(58)71(59)67/h1-40H. The molecule has 72 heavy (non-hydrogen) atoms. The number of imidazole rings is 1. The van der Waals surface area contributed by atoms with Crippen molar-refractivity contribution in [2.75, 3.05) is 9.80 Å². The number of anilines is 6. The highest BCUT2D eigenvalue weighted by atomic mass is 16.3. The molecule has 1 aliphatic heterocycles. The fraction of sp³-hybridized carbons (Fsp3) is 0. The molecule has 1 aliphatic rings. The molecule has 5 nitrogen and oxygen atoms in total. The van der Waals surface area contributed by atoms with E-state index in [4.69, 9.17) is 9.40 Å². The maximum absolute atomic E-state index is 6.38. The molecular formula is C67H40N4O. The Morgan fingerprint density at radius 1 is 0.278 bits per heavy atom. The van der Waals surface area contributed by atoms with E-state index in [1.54, 1.807) is 0 Å². The van der Waals surface area contributed by atoms with Crippen molar-refractivity contribution in [1.82, 2.24) is 9.38 Å². The maximum Gasteiger partial charge on any atom is 0.146 e. The number of hydrogen-bond acceptors (Lipinski definition) is 4. The lowest BCUT2D eigenvalue weighted by Gasteiger charge is -2.40. The zero-order chi connectivity index (χ0) is 47.0. The number of para-hydroxylation sites is 6. The molecule has 0 spiro atoms. The molecule has 0 saturated carbocycles. The van der Waals surface area contributed by atoms with E-state index in [2.05, 4.69) is 245 Å². The van der Waals surface area contributed by atoms with Crippen LogP contribution in [0.1, 0.15) is 0 Å². The van der Waals surface area contributed by atoms with E-state index in [0.717, 1.165) is 94.8 Å². The molecule has 5 heteroatoms. The molecule has 0 bridgehead atoms. The van der Waals surface area contributed by atoms with Gasteiger partial charge in [-0.3, -0.25) is 4.40 Å². The lowest BCUT2D eigenvalue weighted by molar-refractivity contribution is 0.669. The van der Waals surface area contributed by atoms with Crippen LogP contribution < -0.4 is 9.80 Å². The highest BCUT2D eigenvalue weighted by molar-refractivity contribution is 6.28. The van der Waals surface area contributed by atoms with Gasteiger partial charge in [-0.1, -0.05) is 146 Å². The van der Waals surface area contributed by atoms with Crippen molar-refractivity contribution in [3.63, 3.8) is 0 Å². The Morgan fingerprint density at radius 2 is 0.792 bits per heavy atom. The second-order valence-corrected chi connectivity index (χ2v) is 19.1. The number of furan rings is 1. The van der Waals surface area contributed by atoms with Gasteiger partial charge in [0.1, 0.15) is 16.8 Å². The summed E-state index contributed by atoms with van der Waals surface area (Å²) in [6.45, 7) is 0. The fourth-order valence-corrected chi connectivity index (χ4v) is 12.0. The third kappa shape index (κ3) is 5.61. The van der Waals surface area contributed by atoms with Gasteiger partial charge < -0.3 is 14.2 Å². The first-order valence-corrected chi connectivity index (χ1v) is 24.6. The van der Waals surface area contributed by atoms with Crippen LogP contribution in [0.15, 0.2) is 247 Å². The van der Waals surface area contributed by atoms with Gasteiger partial charge in [-0.25, -0.2) is 4.98 Å². The van der Waals surface area contributed by atoms with E-state index < -0.39 is 0 Å². The predicted molar refractivity (Wildman–Crippen MR) is 301 cm³/mol. The first kappa shape index (κ1) is 39.2. The van der Waals surface area contributed by atoms with Gasteiger partial charge in [-0.2, -0.15) is 0 Å². The number of nitrogens with zero attached hydrogens (tertiary/aromatic N) is 4. The number of rotatable bonds is 4. The van der Waals surface area contributed by atoms with Gasteiger partial charge in [0.15, 0.2) is 0 Å². The van der Waals surface area contributed by atoms with Crippen molar-refractivity contribution in [1.29, 1.82) is 0 Å². The highest BCUT2D eigenvalue weighted by Gasteiger charge is 2.32. The minimum absolute atomic E-state index is 0.888. The molecule has 16 rings (SSSR count). The molecule has 0 radical (unpaired) electrons. The van der Waals surface area contributed by atoms with E-state index in [1.807, 2.05) is 12.1 Å². The average molecular weight is 917 g/mol. The summed E-state index contributed by atoms with van der Waals surface area (Å²) in [7, 11) is 0. The minimum atomic E-state index is 0.888. The molecule has 0 unspecified atom stereocenters. The lowest BCUT2D eigenvalue weighted by atomic mass is 9.90. The molecule has 4 heterocycles. The van der Waals surface area contributed by atoms with Crippen LogP contribution >= 0.6 is 0 Å². The van der Waals surface area contributed by atoms with E-state index >= 15 is 0 Å². The number of fused-ring (bicyclic) bond motifs is 19. The van der Waals surface area contributed by atoms with Crippen LogP contribution in [0.4, 0.5) is 34.1 Å². The van der Waals surface area contributed by atoms with E-state index in [-0.39, 0.29) is 0 Å². The Kier molecular flexibility index (Phi) is 8.10. The molecule has 0 fully saturated rings. The lowest BCUT2D eigenvalue weighted by Crippen LogP contribution is -2.24. The Labute approximate surface area is 413 Å². The molecule has 12 aromatic carbocycles. The summed E-state index contributed by atoms with van der Waals surface area (Å²) in [5, 5.41) is 13.1. The third-order valence-corrected chi connectivity index (χ3v) is 15.2. The minimum Gasteiger partial charge on any atom is -0.456 e. The second-order valence-electron chi connectivity index (χ2n) is 19.1. The maximum atomic E-state index is 6.38.